The fraction of sp³-hybridized carbons (Fsp3) is 0.852. The molecule has 4 N–H and O–H groups in total. The summed E-state index contributed by atoms with van der Waals surface area (Å²) in [7, 11) is 1.41. The smallest absolute Gasteiger partial charge is 0.249 e. The standard InChI is InChI=1S/C27H43N5O8/c1-39-15-23(34)32-8-7-30-14-19(32)26(37)28-11-21-25(36)24(35)20(40-21)10-22(33)29-17-9-18(27(30)38)31(13-17)12-16-5-3-2-4-6-16/h16-21,24-25,35-36H,2-15H2,1H3,(H,28,37)(H,29,33)/t17-,18-,19-,20-,21+,24-,25+/m0/s1. The highest BCUT2D eigenvalue weighted by Crippen LogP contribution is 2.30. The van der Waals surface area contributed by atoms with E-state index in [1.165, 1.54) is 31.3 Å². The number of nitrogens with one attached hydrogen (secondary N) is 2. The normalized spacial score (nSPS) is 36.5. The van der Waals surface area contributed by atoms with E-state index in [4.69, 9.17) is 9.47 Å². The molecule has 13 heteroatoms. The third-order valence-electron chi connectivity index (χ3n) is 9.18. The predicted octanol–water partition coefficient (Wildman–Crippen LogP) is -2.18. The van der Waals surface area contributed by atoms with Crippen molar-refractivity contribution in [1.82, 2.24) is 25.3 Å². The highest BCUT2D eigenvalue weighted by atomic mass is 16.5. The summed E-state index contributed by atoms with van der Waals surface area (Å²) in [5.74, 6) is -0.738. The van der Waals surface area contributed by atoms with Gasteiger partial charge in [-0.2, -0.15) is 0 Å². The number of likely N-dealkylation sites (tertiary alicyclic amines) is 1. The summed E-state index contributed by atoms with van der Waals surface area (Å²) in [4.78, 5) is 58.4. The van der Waals surface area contributed by atoms with Crippen molar-refractivity contribution >= 4 is 23.6 Å². The number of ether oxygens (including phenoxy) is 2. The van der Waals surface area contributed by atoms with Gasteiger partial charge in [0.15, 0.2) is 0 Å². The van der Waals surface area contributed by atoms with E-state index in [1.54, 1.807) is 4.90 Å². The summed E-state index contributed by atoms with van der Waals surface area (Å²) in [6.07, 6.45) is 1.73. The van der Waals surface area contributed by atoms with Crippen molar-refractivity contribution in [2.45, 2.75) is 87.5 Å². The zero-order chi connectivity index (χ0) is 28.4. The van der Waals surface area contributed by atoms with E-state index in [0.29, 0.717) is 25.4 Å². The number of hydrogen-bond acceptors (Lipinski definition) is 9. The van der Waals surface area contributed by atoms with E-state index in [1.807, 2.05) is 0 Å². The number of aliphatic hydroxyl groups is 2. The van der Waals surface area contributed by atoms with Gasteiger partial charge in [0.2, 0.25) is 23.6 Å². The van der Waals surface area contributed by atoms with E-state index in [-0.39, 0.29) is 56.4 Å². The number of amides is 4. The number of carbonyl (C=O) groups is 4. The van der Waals surface area contributed by atoms with Crippen LogP contribution in [-0.2, 0) is 28.7 Å². The van der Waals surface area contributed by atoms with Gasteiger partial charge >= 0.3 is 0 Å². The van der Waals surface area contributed by atoms with Crippen LogP contribution in [-0.4, -0.2) is 144 Å². The van der Waals surface area contributed by atoms with Crippen LogP contribution >= 0.6 is 0 Å². The number of fused-ring (bicyclic) bond motifs is 6. The fourth-order valence-electron chi connectivity index (χ4n) is 7.04. The summed E-state index contributed by atoms with van der Waals surface area (Å²) in [5.41, 5.74) is 0. The quantitative estimate of drug-likeness (QED) is 0.297. The molecule has 4 aliphatic heterocycles. The molecule has 6 bridgehead atoms. The van der Waals surface area contributed by atoms with Gasteiger partial charge in [-0.25, -0.2) is 0 Å². The molecule has 4 heterocycles. The van der Waals surface area contributed by atoms with E-state index < -0.39 is 42.4 Å². The maximum Gasteiger partial charge on any atom is 0.249 e. The molecule has 0 aromatic rings. The van der Waals surface area contributed by atoms with Gasteiger partial charge in [-0.15, -0.1) is 0 Å². The van der Waals surface area contributed by atoms with E-state index >= 15 is 0 Å². The molecule has 0 unspecified atom stereocenters. The molecule has 4 saturated heterocycles. The third kappa shape index (κ3) is 6.28. The number of piperazine rings is 1. The number of methoxy groups -OCH3 is 1. The van der Waals surface area contributed by atoms with Gasteiger partial charge in [0.25, 0.3) is 0 Å². The van der Waals surface area contributed by atoms with Crippen LogP contribution in [0.3, 0.4) is 0 Å². The Morgan fingerprint density at radius 2 is 1.77 bits per heavy atom. The Bertz CT molecular complexity index is 961. The Balaban J connectivity index is 1.40. The van der Waals surface area contributed by atoms with Gasteiger partial charge in [-0.05, 0) is 25.2 Å². The Morgan fingerprint density at radius 1 is 1.02 bits per heavy atom. The van der Waals surface area contributed by atoms with Crippen LogP contribution in [0.1, 0.15) is 44.9 Å². The second kappa shape index (κ2) is 12.7. The molecule has 0 aromatic carbocycles. The van der Waals surface area contributed by atoms with E-state index in [0.717, 1.165) is 19.4 Å². The van der Waals surface area contributed by atoms with Gasteiger partial charge < -0.3 is 40.1 Å². The number of nitrogens with zero attached hydrogens (tertiary/aromatic N) is 3. The first-order valence-electron chi connectivity index (χ1n) is 14.6. The first-order chi connectivity index (χ1) is 19.2. The molecular weight excluding hydrogens is 522 g/mol. The largest absolute Gasteiger partial charge is 0.388 e. The first-order valence-corrected chi connectivity index (χ1v) is 14.6. The maximum absolute atomic E-state index is 14.0. The average Bonchev–Trinajstić information content (AvgIpc) is 3.46. The lowest BCUT2D eigenvalue weighted by Crippen LogP contribution is -2.64. The summed E-state index contributed by atoms with van der Waals surface area (Å²) in [5, 5.41) is 26.8. The fourth-order valence-corrected chi connectivity index (χ4v) is 7.04. The summed E-state index contributed by atoms with van der Waals surface area (Å²) >= 11 is 0. The molecule has 5 aliphatic rings. The zero-order valence-electron chi connectivity index (χ0n) is 23.2. The summed E-state index contributed by atoms with van der Waals surface area (Å²) in [6, 6.07) is -1.62. The van der Waals surface area contributed by atoms with Gasteiger partial charge in [-0.1, -0.05) is 19.3 Å². The van der Waals surface area contributed by atoms with Crippen molar-refractivity contribution in [3.63, 3.8) is 0 Å². The number of hydrogen-bond donors (Lipinski definition) is 4. The Labute approximate surface area is 234 Å². The van der Waals surface area contributed by atoms with Crippen LogP contribution in [0, 0.1) is 5.92 Å². The van der Waals surface area contributed by atoms with Crippen LogP contribution in [0.4, 0.5) is 0 Å². The van der Waals surface area contributed by atoms with Crippen molar-refractivity contribution in [3.8, 4) is 0 Å². The summed E-state index contributed by atoms with van der Waals surface area (Å²) < 4.78 is 10.8. The molecule has 40 heavy (non-hydrogen) atoms. The second-order valence-electron chi connectivity index (χ2n) is 11.9. The lowest BCUT2D eigenvalue weighted by atomic mass is 9.89. The minimum absolute atomic E-state index is 0.0320. The van der Waals surface area contributed by atoms with Crippen molar-refractivity contribution in [2.24, 2.45) is 5.92 Å². The van der Waals surface area contributed by atoms with Crippen molar-refractivity contribution in [2.75, 3.05) is 53.0 Å². The Kier molecular flexibility index (Phi) is 9.25. The topological polar surface area (TPSA) is 161 Å². The zero-order valence-corrected chi connectivity index (χ0v) is 23.2. The van der Waals surface area contributed by atoms with Gasteiger partial charge in [0.1, 0.15) is 31.0 Å². The van der Waals surface area contributed by atoms with Crippen LogP contribution in [0.2, 0.25) is 0 Å². The number of carbonyl (C=O) groups excluding carboxylic acids is 4. The molecule has 0 radical (unpaired) electrons. The average molecular weight is 566 g/mol. The van der Waals surface area contributed by atoms with Crippen molar-refractivity contribution in [1.29, 1.82) is 0 Å². The monoisotopic (exact) mass is 565 g/mol. The van der Waals surface area contributed by atoms with E-state index in [2.05, 4.69) is 15.5 Å². The Morgan fingerprint density at radius 3 is 2.52 bits per heavy atom. The molecule has 1 aliphatic carbocycles. The van der Waals surface area contributed by atoms with Crippen molar-refractivity contribution < 1.29 is 38.9 Å². The molecule has 0 spiro atoms. The highest BCUT2D eigenvalue weighted by molar-refractivity contribution is 5.90. The molecule has 1 saturated carbocycles. The maximum atomic E-state index is 14.0. The minimum Gasteiger partial charge on any atom is -0.388 e. The highest BCUT2D eigenvalue weighted by Gasteiger charge is 2.47. The molecule has 0 aromatic heterocycles. The minimum atomic E-state index is -1.29. The lowest BCUT2D eigenvalue weighted by molar-refractivity contribution is -0.152. The molecule has 224 valence electrons. The van der Waals surface area contributed by atoms with Gasteiger partial charge in [0.05, 0.1) is 25.1 Å². The SMILES string of the molecule is COCC(=O)N1CCN2C[C@H]1C(=O)NC[C@H]1O[C@@H](CC(=O)N[C@H]3C[C@@H](C2=O)N(CC2CCCCC2)C3)[C@H](O)[C@@H]1O. The van der Waals surface area contributed by atoms with Gasteiger partial charge in [0, 0.05) is 45.9 Å². The number of rotatable bonds is 4. The molecule has 5 rings (SSSR count). The molecule has 4 amide bonds. The molecular formula is C27H43N5O8. The molecule has 5 fully saturated rings. The van der Waals surface area contributed by atoms with E-state index in [9.17, 15) is 29.4 Å². The van der Waals surface area contributed by atoms with Crippen LogP contribution in [0.5, 0.6) is 0 Å². The van der Waals surface area contributed by atoms with Crippen molar-refractivity contribution in [3.05, 3.63) is 0 Å². The first kappa shape index (κ1) is 29.2. The Hall–Kier alpha value is -2.32. The molecule has 13 nitrogen and oxygen atoms in total. The predicted molar refractivity (Wildman–Crippen MR) is 141 cm³/mol. The number of aliphatic hydroxyl groups excluding tert-OH is 2. The van der Waals surface area contributed by atoms with Crippen LogP contribution < -0.4 is 10.6 Å². The van der Waals surface area contributed by atoms with Crippen LogP contribution in [0.25, 0.3) is 0 Å². The molecule has 7 atom stereocenters. The van der Waals surface area contributed by atoms with Gasteiger partial charge in [-0.3, -0.25) is 24.1 Å². The summed E-state index contributed by atoms with van der Waals surface area (Å²) in [6.45, 7) is 1.52. The van der Waals surface area contributed by atoms with Crippen LogP contribution in [0.15, 0.2) is 0 Å². The lowest BCUT2D eigenvalue weighted by Gasteiger charge is -2.42. The third-order valence-corrected chi connectivity index (χ3v) is 9.18. The second-order valence-corrected chi connectivity index (χ2v) is 11.9.